The van der Waals surface area contributed by atoms with E-state index < -0.39 is 0 Å². The highest BCUT2D eigenvalue weighted by atomic mass is 79.9. The van der Waals surface area contributed by atoms with E-state index in [9.17, 15) is 14.4 Å². The van der Waals surface area contributed by atoms with Crippen molar-refractivity contribution in [3.63, 3.8) is 0 Å². The zero-order valence-corrected chi connectivity index (χ0v) is 16.5. The van der Waals surface area contributed by atoms with E-state index in [4.69, 9.17) is 0 Å². The molecule has 27 heavy (non-hydrogen) atoms. The second-order valence-electron chi connectivity index (χ2n) is 5.80. The van der Waals surface area contributed by atoms with Crippen molar-refractivity contribution in [1.29, 1.82) is 0 Å². The summed E-state index contributed by atoms with van der Waals surface area (Å²) in [5.41, 5.74) is 2.00. The summed E-state index contributed by atoms with van der Waals surface area (Å²) in [4.78, 5) is 35.2. The van der Waals surface area contributed by atoms with Crippen LogP contribution in [-0.2, 0) is 16.0 Å². The smallest absolute Gasteiger partial charge is 0.337 e. The lowest BCUT2D eigenvalue weighted by atomic mass is 10.1. The third kappa shape index (κ3) is 6.86. The van der Waals surface area contributed by atoms with Crippen molar-refractivity contribution in [2.45, 2.75) is 12.8 Å². The molecule has 0 saturated carbocycles. The Morgan fingerprint density at radius 2 is 1.67 bits per heavy atom. The summed E-state index contributed by atoms with van der Waals surface area (Å²) in [6, 6.07) is 14.1. The predicted octanol–water partition coefficient (Wildman–Crippen LogP) is 2.71. The molecule has 0 spiro atoms. The second kappa shape index (κ2) is 10.5. The lowest BCUT2D eigenvalue weighted by Crippen LogP contribution is -2.34. The molecule has 2 amide bonds. The molecule has 0 aromatic heterocycles. The summed E-state index contributed by atoms with van der Waals surface area (Å²) < 4.78 is 5.48. The Morgan fingerprint density at radius 1 is 0.963 bits per heavy atom. The number of benzene rings is 2. The van der Waals surface area contributed by atoms with Gasteiger partial charge < -0.3 is 15.4 Å². The van der Waals surface area contributed by atoms with Crippen LogP contribution in [0.5, 0.6) is 0 Å². The van der Waals surface area contributed by atoms with Crippen LogP contribution in [0.4, 0.5) is 0 Å². The van der Waals surface area contributed by atoms with Gasteiger partial charge in [0, 0.05) is 29.5 Å². The fourth-order valence-electron chi connectivity index (χ4n) is 2.38. The number of amides is 2. The maximum atomic E-state index is 12.0. The van der Waals surface area contributed by atoms with E-state index in [2.05, 4.69) is 31.3 Å². The van der Waals surface area contributed by atoms with Crippen molar-refractivity contribution in [3.8, 4) is 0 Å². The minimum Gasteiger partial charge on any atom is -0.465 e. The Kier molecular flexibility index (Phi) is 8.00. The van der Waals surface area contributed by atoms with Crippen LogP contribution in [0.2, 0.25) is 0 Å². The molecule has 2 rings (SSSR count). The number of hydrogen-bond acceptors (Lipinski definition) is 4. The number of aryl methyl sites for hydroxylation is 1. The summed E-state index contributed by atoms with van der Waals surface area (Å²) in [5.74, 6) is -0.663. The lowest BCUT2D eigenvalue weighted by Gasteiger charge is -2.08. The quantitative estimate of drug-likeness (QED) is 0.496. The first-order valence-corrected chi connectivity index (χ1v) is 9.26. The average Bonchev–Trinajstić information content (AvgIpc) is 2.69. The van der Waals surface area contributed by atoms with Crippen LogP contribution >= 0.6 is 15.9 Å². The molecule has 0 unspecified atom stereocenters. The Morgan fingerprint density at radius 3 is 2.33 bits per heavy atom. The number of rotatable bonds is 8. The largest absolute Gasteiger partial charge is 0.465 e. The molecule has 0 radical (unpaired) electrons. The van der Waals surface area contributed by atoms with Gasteiger partial charge in [-0.25, -0.2) is 4.79 Å². The van der Waals surface area contributed by atoms with Crippen LogP contribution in [0.15, 0.2) is 53.0 Å². The van der Waals surface area contributed by atoms with Crippen LogP contribution < -0.4 is 10.6 Å². The number of methoxy groups -OCH3 is 1. The van der Waals surface area contributed by atoms with Gasteiger partial charge in [0.05, 0.1) is 12.7 Å². The first kappa shape index (κ1) is 20.6. The van der Waals surface area contributed by atoms with Crippen molar-refractivity contribution < 1.29 is 19.1 Å². The molecule has 2 aromatic carbocycles. The lowest BCUT2D eigenvalue weighted by molar-refractivity contribution is -0.121. The SMILES string of the molecule is COC(=O)c1ccc(CCC(=O)NCCNC(=O)c2cccc(Br)c2)cc1. The van der Waals surface area contributed by atoms with Gasteiger partial charge in [0.25, 0.3) is 5.91 Å². The van der Waals surface area contributed by atoms with Crippen LogP contribution in [-0.4, -0.2) is 38.0 Å². The third-order valence-corrected chi connectivity index (χ3v) is 4.33. The number of carbonyl (C=O) groups is 3. The van der Waals surface area contributed by atoms with E-state index in [1.165, 1.54) is 7.11 Å². The Hall–Kier alpha value is -2.67. The number of esters is 1. The van der Waals surface area contributed by atoms with Crippen molar-refractivity contribution in [3.05, 3.63) is 69.7 Å². The zero-order valence-electron chi connectivity index (χ0n) is 15.0. The van der Waals surface area contributed by atoms with Gasteiger partial charge in [0.1, 0.15) is 0 Å². The average molecular weight is 433 g/mol. The van der Waals surface area contributed by atoms with Gasteiger partial charge in [-0.2, -0.15) is 0 Å². The zero-order chi connectivity index (χ0) is 19.6. The maximum absolute atomic E-state index is 12.0. The van der Waals surface area contributed by atoms with Crippen molar-refractivity contribution in [1.82, 2.24) is 10.6 Å². The molecule has 0 bridgehead atoms. The molecule has 6 nitrogen and oxygen atoms in total. The fraction of sp³-hybridized carbons (Fsp3) is 0.250. The molecule has 0 fully saturated rings. The molecular weight excluding hydrogens is 412 g/mol. The van der Waals surface area contributed by atoms with Crippen molar-refractivity contribution >= 4 is 33.7 Å². The van der Waals surface area contributed by atoms with Gasteiger partial charge in [0.2, 0.25) is 5.91 Å². The van der Waals surface area contributed by atoms with Crippen LogP contribution in [0.1, 0.15) is 32.7 Å². The molecule has 0 saturated heterocycles. The van der Waals surface area contributed by atoms with Crippen molar-refractivity contribution in [2.24, 2.45) is 0 Å². The highest BCUT2D eigenvalue weighted by molar-refractivity contribution is 9.10. The number of carbonyl (C=O) groups excluding carboxylic acids is 3. The summed E-state index contributed by atoms with van der Waals surface area (Å²) >= 11 is 3.32. The van der Waals surface area contributed by atoms with E-state index in [0.717, 1.165) is 10.0 Å². The molecular formula is C20H21BrN2O4. The van der Waals surface area contributed by atoms with Gasteiger partial charge >= 0.3 is 5.97 Å². The van der Waals surface area contributed by atoms with Crippen LogP contribution in [0.3, 0.4) is 0 Å². The summed E-state index contributed by atoms with van der Waals surface area (Å²) in [5, 5.41) is 5.53. The molecule has 0 atom stereocenters. The molecule has 0 heterocycles. The molecule has 0 aliphatic carbocycles. The van der Waals surface area contributed by atoms with E-state index in [-0.39, 0.29) is 17.8 Å². The number of halogens is 1. The Balaban J connectivity index is 1.66. The minimum atomic E-state index is -0.385. The third-order valence-electron chi connectivity index (χ3n) is 3.84. The molecule has 142 valence electrons. The Bertz CT molecular complexity index is 806. The highest BCUT2D eigenvalue weighted by Crippen LogP contribution is 2.11. The highest BCUT2D eigenvalue weighted by Gasteiger charge is 2.07. The summed E-state index contributed by atoms with van der Waals surface area (Å²) in [6.07, 6.45) is 0.898. The number of nitrogens with one attached hydrogen (secondary N) is 2. The van der Waals surface area contributed by atoms with Crippen molar-refractivity contribution in [2.75, 3.05) is 20.2 Å². The summed E-state index contributed by atoms with van der Waals surface area (Å²) in [7, 11) is 1.34. The normalized spacial score (nSPS) is 10.1. The van der Waals surface area contributed by atoms with Gasteiger partial charge in [-0.15, -0.1) is 0 Å². The monoisotopic (exact) mass is 432 g/mol. The minimum absolute atomic E-state index is 0.0938. The summed E-state index contributed by atoms with van der Waals surface area (Å²) in [6.45, 7) is 0.713. The predicted molar refractivity (Wildman–Crippen MR) is 106 cm³/mol. The van der Waals surface area contributed by atoms with Gasteiger partial charge in [-0.3, -0.25) is 9.59 Å². The Labute approximate surface area is 166 Å². The topological polar surface area (TPSA) is 84.5 Å². The maximum Gasteiger partial charge on any atom is 0.337 e. The second-order valence-corrected chi connectivity index (χ2v) is 6.72. The molecule has 0 aliphatic rings. The molecule has 2 N–H and O–H groups in total. The first-order chi connectivity index (χ1) is 13.0. The molecule has 7 heteroatoms. The van der Waals surface area contributed by atoms with Crippen LogP contribution in [0, 0.1) is 0 Å². The van der Waals surface area contributed by atoms with E-state index in [1.807, 2.05) is 6.07 Å². The first-order valence-electron chi connectivity index (χ1n) is 8.47. The fourth-order valence-corrected chi connectivity index (χ4v) is 2.78. The standard InChI is InChI=1S/C20H21BrN2O4/c1-27-20(26)15-8-5-14(6-9-15)7-10-18(24)22-11-12-23-19(25)16-3-2-4-17(21)13-16/h2-6,8-9,13H,7,10-12H2,1H3,(H,22,24)(H,23,25). The molecule has 2 aromatic rings. The number of ether oxygens (including phenoxy) is 1. The van der Waals surface area contributed by atoms with E-state index in [0.29, 0.717) is 37.1 Å². The van der Waals surface area contributed by atoms with Crippen LogP contribution in [0.25, 0.3) is 0 Å². The van der Waals surface area contributed by atoms with E-state index >= 15 is 0 Å². The number of hydrogen-bond donors (Lipinski definition) is 2. The molecule has 0 aliphatic heterocycles. The van der Waals surface area contributed by atoms with E-state index in [1.54, 1.807) is 42.5 Å². The van der Waals surface area contributed by atoms with Gasteiger partial charge in [-0.1, -0.05) is 34.1 Å². The van der Waals surface area contributed by atoms with Gasteiger partial charge in [0.15, 0.2) is 0 Å². The van der Waals surface area contributed by atoms with Gasteiger partial charge in [-0.05, 0) is 42.3 Å².